The second-order valence-electron chi connectivity index (χ2n) is 5.79. The molecule has 1 amide bonds. The number of carbonyl (C=O) groups excluding carboxylic acids is 1. The third-order valence-corrected chi connectivity index (χ3v) is 3.97. The zero-order chi connectivity index (χ0) is 17.6. The van der Waals surface area contributed by atoms with Gasteiger partial charge in [-0.3, -0.25) is 4.79 Å². The minimum Gasteiger partial charge on any atom is -0.381 e. The monoisotopic (exact) mass is 334 g/mol. The molecular weight excluding hydrogens is 315 g/mol. The van der Waals surface area contributed by atoms with Gasteiger partial charge in [-0.2, -0.15) is 0 Å². The van der Waals surface area contributed by atoms with Crippen LogP contribution in [0.25, 0.3) is 0 Å². The van der Waals surface area contributed by atoms with Gasteiger partial charge >= 0.3 is 0 Å². The smallest absolute Gasteiger partial charge is 0.255 e. The maximum absolute atomic E-state index is 13.6. The fourth-order valence-corrected chi connectivity index (χ4v) is 2.54. The van der Waals surface area contributed by atoms with E-state index in [0.29, 0.717) is 23.4 Å². The summed E-state index contributed by atoms with van der Waals surface area (Å²) in [7, 11) is 0. The van der Waals surface area contributed by atoms with Gasteiger partial charge in [0.15, 0.2) is 0 Å². The highest BCUT2D eigenvalue weighted by molar-refractivity contribution is 6.05. The maximum Gasteiger partial charge on any atom is 0.255 e. The molecule has 3 aromatic carbocycles. The summed E-state index contributed by atoms with van der Waals surface area (Å²) in [6, 6.07) is 21.5. The average molecular weight is 334 g/mol. The number of anilines is 2. The zero-order valence-corrected chi connectivity index (χ0v) is 13.9. The summed E-state index contributed by atoms with van der Waals surface area (Å²) in [6.45, 7) is 2.31. The lowest BCUT2D eigenvalue weighted by atomic mass is 10.1. The lowest BCUT2D eigenvalue weighted by Gasteiger charge is -2.10. The van der Waals surface area contributed by atoms with Gasteiger partial charge in [0, 0.05) is 29.0 Å². The Morgan fingerprint density at radius 1 is 0.880 bits per heavy atom. The summed E-state index contributed by atoms with van der Waals surface area (Å²) in [5, 5.41) is 6.05. The van der Waals surface area contributed by atoms with Crippen molar-refractivity contribution in [1.82, 2.24) is 0 Å². The molecular formula is C21H19FN2O. The number of amides is 1. The fraction of sp³-hybridized carbons (Fsp3) is 0.0952. The number of nitrogens with one attached hydrogen (secondary N) is 2. The Labute approximate surface area is 146 Å². The molecule has 0 aliphatic rings. The number of rotatable bonds is 5. The van der Waals surface area contributed by atoms with E-state index < -0.39 is 0 Å². The van der Waals surface area contributed by atoms with Crippen molar-refractivity contribution in [1.29, 1.82) is 0 Å². The summed E-state index contributed by atoms with van der Waals surface area (Å²) in [4.78, 5) is 12.3. The fourth-order valence-electron chi connectivity index (χ4n) is 2.54. The van der Waals surface area contributed by atoms with E-state index in [2.05, 4.69) is 10.6 Å². The number of halogens is 1. The van der Waals surface area contributed by atoms with Gasteiger partial charge in [0.1, 0.15) is 5.82 Å². The second kappa shape index (κ2) is 7.62. The number of hydrogen-bond acceptors (Lipinski definition) is 2. The molecule has 126 valence electrons. The second-order valence-corrected chi connectivity index (χ2v) is 5.79. The Balaban J connectivity index is 1.62. The Kier molecular flexibility index (Phi) is 5.09. The van der Waals surface area contributed by atoms with Crippen molar-refractivity contribution in [2.24, 2.45) is 0 Å². The quantitative estimate of drug-likeness (QED) is 0.689. The SMILES string of the molecule is Cc1ccccc1C(=O)Nc1ccc(NCc2ccccc2F)cc1. The van der Waals surface area contributed by atoms with Crippen LogP contribution in [-0.4, -0.2) is 5.91 Å². The molecule has 3 nitrogen and oxygen atoms in total. The van der Waals surface area contributed by atoms with Crippen LogP contribution in [0, 0.1) is 12.7 Å². The topological polar surface area (TPSA) is 41.1 Å². The molecule has 0 radical (unpaired) electrons. The minimum atomic E-state index is -0.225. The molecule has 0 atom stereocenters. The largest absolute Gasteiger partial charge is 0.381 e. The van der Waals surface area contributed by atoms with Gasteiger partial charge in [-0.1, -0.05) is 36.4 Å². The van der Waals surface area contributed by atoms with Crippen molar-refractivity contribution < 1.29 is 9.18 Å². The first kappa shape index (κ1) is 16.7. The predicted molar refractivity (Wildman–Crippen MR) is 99.3 cm³/mol. The molecule has 0 aromatic heterocycles. The molecule has 0 saturated heterocycles. The highest BCUT2D eigenvalue weighted by Gasteiger charge is 2.08. The van der Waals surface area contributed by atoms with Crippen LogP contribution in [-0.2, 0) is 6.54 Å². The normalized spacial score (nSPS) is 10.3. The lowest BCUT2D eigenvalue weighted by molar-refractivity contribution is 0.102. The van der Waals surface area contributed by atoms with E-state index in [-0.39, 0.29) is 11.7 Å². The molecule has 3 aromatic rings. The third kappa shape index (κ3) is 4.23. The maximum atomic E-state index is 13.6. The third-order valence-electron chi connectivity index (χ3n) is 3.97. The molecule has 0 bridgehead atoms. The first-order chi connectivity index (χ1) is 12.1. The van der Waals surface area contributed by atoms with Crippen molar-refractivity contribution in [3.8, 4) is 0 Å². The molecule has 3 rings (SSSR count). The molecule has 0 spiro atoms. The minimum absolute atomic E-state index is 0.134. The summed E-state index contributed by atoms with van der Waals surface area (Å²) in [5.74, 6) is -0.359. The van der Waals surface area contributed by atoms with Crippen LogP contribution in [0.4, 0.5) is 15.8 Å². The van der Waals surface area contributed by atoms with Gasteiger partial charge in [-0.15, -0.1) is 0 Å². The van der Waals surface area contributed by atoms with Crippen LogP contribution in [0.1, 0.15) is 21.5 Å². The van der Waals surface area contributed by atoms with Crippen LogP contribution < -0.4 is 10.6 Å². The summed E-state index contributed by atoms with van der Waals surface area (Å²) in [6.07, 6.45) is 0. The Morgan fingerprint density at radius 3 is 2.24 bits per heavy atom. The average Bonchev–Trinajstić information content (AvgIpc) is 2.62. The predicted octanol–water partition coefficient (Wildman–Crippen LogP) is 5.00. The molecule has 0 heterocycles. The van der Waals surface area contributed by atoms with Gasteiger partial charge in [0.05, 0.1) is 0 Å². The van der Waals surface area contributed by atoms with Crippen molar-refractivity contribution in [2.75, 3.05) is 10.6 Å². The molecule has 0 fully saturated rings. The van der Waals surface area contributed by atoms with E-state index in [1.807, 2.05) is 55.5 Å². The number of benzene rings is 3. The van der Waals surface area contributed by atoms with Gasteiger partial charge in [0.25, 0.3) is 5.91 Å². The van der Waals surface area contributed by atoms with Crippen molar-refractivity contribution in [2.45, 2.75) is 13.5 Å². The molecule has 0 aliphatic heterocycles. The number of hydrogen-bond donors (Lipinski definition) is 2. The van der Waals surface area contributed by atoms with Crippen LogP contribution in [0.15, 0.2) is 72.8 Å². The van der Waals surface area contributed by atoms with Gasteiger partial charge < -0.3 is 10.6 Å². The molecule has 4 heteroatoms. The van der Waals surface area contributed by atoms with E-state index in [4.69, 9.17) is 0 Å². The van der Waals surface area contributed by atoms with Crippen LogP contribution >= 0.6 is 0 Å². The summed E-state index contributed by atoms with van der Waals surface area (Å²) in [5.41, 5.74) is 3.77. The first-order valence-electron chi connectivity index (χ1n) is 8.08. The standard InChI is InChI=1S/C21H19FN2O/c1-15-6-2-4-8-19(15)21(25)24-18-12-10-17(11-13-18)23-14-16-7-3-5-9-20(16)22/h2-13,23H,14H2,1H3,(H,24,25). The highest BCUT2D eigenvalue weighted by atomic mass is 19.1. The van der Waals surface area contributed by atoms with E-state index in [0.717, 1.165) is 11.3 Å². The van der Waals surface area contributed by atoms with Gasteiger partial charge in [0.2, 0.25) is 0 Å². The highest BCUT2D eigenvalue weighted by Crippen LogP contribution is 2.17. The molecule has 2 N–H and O–H groups in total. The molecule has 0 saturated carbocycles. The molecule has 0 unspecified atom stereocenters. The van der Waals surface area contributed by atoms with Gasteiger partial charge in [-0.05, 0) is 48.9 Å². The van der Waals surface area contributed by atoms with Crippen molar-refractivity contribution in [3.63, 3.8) is 0 Å². The van der Waals surface area contributed by atoms with Crippen LogP contribution in [0.5, 0.6) is 0 Å². The first-order valence-corrected chi connectivity index (χ1v) is 8.08. The summed E-state index contributed by atoms with van der Waals surface area (Å²) >= 11 is 0. The molecule has 0 aliphatic carbocycles. The Bertz CT molecular complexity index is 875. The van der Waals surface area contributed by atoms with E-state index in [9.17, 15) is 9.18 Å². The Hall–Kier alpha value is -3.14. The van der Waals surface area contributed by atoms with Crippen molar-refractivity contribution >= 4 is 17.3 Å². The Morgan fingerprint density at radius 2 is 1.52 bits per heavy atom. The van der Waals surface area contributed by atoms with Crippen LogP contribution in [0.3, 0.4) is 0 Å². The summed E-state index contributed by atoms with van der Waals surface area (Å²) < 4.78 is 13.6. The lowest BCUT2D eigenvalue weighted by Crippen LogP contribution is -2.13. The van der Waals surface area contributed by atoms with E-state index in [1.165, 1.54) is 6.07 Å². The van der Waals surface area contributed by atoms with Gasteiger partial charge in [-0.25, -0.2) is 4.39 Å². The van der Waals surface area contributed by atoms with Crippen LogP contribution in [0.2, 0.25) is 0 Å². The van der Waals surface area contributed by atoms with E-state index in [1.54, 1.807) is 18.2 Å². The zero-order valence-electron chi connectivity index (χ0n) is 13.9. The number of carbonyl (C=O) groups is 1. The van der Waals surface area contributed by atoms with E-state index >= 15 is 0 Å². The number of aryl methyl sites for hydroxylation is 1. The molecule has 25 heavy (non-hydrogen) atoms. The van der Waals surface area contributed by atoms with Crippen molar-refractivity contribution in [3.05, 3.63) is 95.3 Å².